The van der Waals surface area contributed by atoms with Crippen molar-refractivity contribution in [2.75, 3.05) is 24.3 Å². The molecular weight excluding hydrogens is 234 g/mol. The van der Waals surface area contributed by atoms with E-state index in [0.717, 1.165) is 18.5 Å². The Hall–Kier alpha value is -2.03. The van der Waals surface area contributed by atoms with Crippen molar-refractivity contribution in [2.24, 2.45) is 0 Å². The van der Waals surface area contributed by atoms with E-state index in [2.05, 4.69) is 59.6 Å². The number of aromatic nitrogens is 1. The van der Waals surface area contributed by atoms with Gasteiger partial charge in [-0.25, -0.2) is 0 Å². The molecule has 0 spiro atoms. The van der Waals surface area contributed by atoms with Gasteiger partial charge in [-0.3, -0.25) is 4.98 Å². The van der Waals surface area contributed by atoms with E-state index < -0.39 is 0 Å². The number of nitrogens with one attached hydrogen (secondary N) is 1. The van der Waals surface area contributed by atoms with Crippen LogP contribution in [0, 0.1) is 0 Å². The molecule has 1 aliphatic rings. The second-order valence-corrected chi connectivity index (χ2v) is 5.22. The molecule has 0 saturated heterocycles. The smallest absolute Gasteiger partial charge is 0.0691 e. The predicted octanol–water partition coefficient (Wildman–Crippen LogP) is 3.25. The van der Waals surface area contributed by atoms with E-state index in [4.69, 9.17) is 0 Å². The van der Waals surface area contributed by atoms with E-state index in [1.807, 2.05) is 12.3 Å². The van der Waals surface area contributed by atoms with Crippen molar-refractivity contribution >= 4 is 11.4 Å². The van der Waals surface area contributed by atoms with Gasteiger partial charge in [0.05, 0.1) is 11.7 Å². The van der Waals surface area contributed by atoms with Crippen molar-refractivity contribution < 1.29 is 0 Å². The molecule has 3 nitrogen and oxygen atoms in total. The lowest BCUT2D eigenvalue weighted by atomic mass is 10.2. The van der Waals surface area contributed by atoms with E-state index in [1.165, 1.54) is 16.9 Å². The quantitative estimate of drug-likeness (QED) is 0.910. The summed E-state index contributed by atoms with van der Waals surface area (Å²) in [5.74, 6) is 0. The highest BCUT2D eigenvalue weighted by molar-refractivity contribution is 5.55. The molecule has 2 aromatic rings. The Morgan fingerprint density at radius 1 is 1.16 bits per heavy atom. The zero-order valence-electron chi connectivity index (χ0n) is 11.4. The fraction of sp³-hybridized carbons (Fsp3) is 0.312. The Labute approximate surface area is 114 Å². The highest BCUT2D eigenvalue weighted by Crippen LogP contribution is 2.32. The maximum absolute atomic E-state index is 4.51. The Morgan fingerprint density at radius 2 is 1.95 bits per heavy atom. The van der Waals surface area contributed by atoms with Gasteiger partial charge in [0.2, 0.25) is 0 Å². The molecule has 0 aliphatic heterocycles. The van der Waals surface area contributed by atoms with Crippen LogP contribution in [0.3, 0.4) is 0 Å². The summed E-state index contributed by atoms with van der Waals surface area (Å²) in [7, 11) is 4.11. The summed E-state index contributed by atoms with van der Waals surface area (Å²) in [6.07, 6.45) is 4.13. The van der Waals surface area contributed by atoms with Gasteiger partial charge in [-0.15, -0.1) is 0 Å². The number of benzene rings is 1. The van der Waals surface area contributed by atoms with E-state index in [-0.39, 0.29) is 0 Å². The summed E-state index contributed by atoms with van der Waals surface area (Å²) < 4.78 is 0. The summed E-state index contributed by atoms with van der Waals surface area (Å²) in [6, 6.07) is 13.1. The first-order valence-corrected chi connectivity index (χ1v) is 6.72. The van der Waals surface area contributed by atoms with Gasteiger partial charge in [-0.05, 0) is 48.7 Å². The number of fused-ring (bicyclic) bond motifs is 1. The summed E-state index contributed by atoms with van der Waals surface area (Å²) in [5, 5.41) is 3.58. The van der Waals surface area contributed by atoms with Crippen molar-refractivity contribution in [3.05, 3.63) is 53.9 Å². The van der Waals surface area contributed by atoms with Crippen LogP contribution in [0.15, 0.2) is 42.6 Å². The van der Waals surface area contributed by atoms with Crippen LogP contribution in [0.1, 0.15) is 23.7 Å². The zero-order valence-corrected chi connectivity index (χ0v) is 11.4. The summed E-state index contributed by atoms with van der Waals surface area (Å²) >= 11 is 0. The topological polar surface area (TPSA) is 28.2 Å². The van der Waals surface area contributed by atoms with E-state index in [0.29, 0.717) is 6.04 Å². The van der Waals surface area contributed by atoms with E-state index in [1.54, 1.807) is 0 Å². The lowest BCUT2D eigenvalue weighted by molar-refractivity contribution is 0.746. The summed E-state index contributed by atoms with van der Waals surface area (Å²) in [6.45, 7) is 0. The van der Waals surface area contributed by atoms with Gasteiger partial charge in [0, 0.05) is 31.7 Å². The van der Waals surface area contributed by atoms with Crippen molar-refractivity contribution in [3.63, 3.8) is 0 Å². The predicted molar refractivity (Wildman–Crippen MR) is 79.7 cm³/mol. The fourth-order valence-corrected chi connectivity index (χ4v) is 2.61. The van der Waals surface area contributed by atoms with Gasteiger partial charge in [0.25, 0.3) is 0 Å². The van der Waals surface area contributed by atoms with Crippen molar-refractivity contribution in [1.29, 1.82) is 0 Å². The van der Waals surface area contributed by atoms with Crippen LogP contribution >= 0.6 is 0 Å². The number of aryl methyl sites for hydroxylation is 1. The molecule has 1 aromatic carbocycles. The number of pyridine rings is 1. The Balaban J connectivity index is 1.76. The normalized spacial score (nSPS) is 17.1. The number of anilines is 2. The second kappa shape index (κ2) is 4.92. The lowest BCUT2D eigenvalue weighted by Crippen LogP contribution is -2.10. The molecule has 0 saturated carbocycles. The van der Waals surface area contributed by atoms with Gasteiger partial charge in [0.1, 0.15) is 0 Å². The van der Waals surface area contributed by atoms with Gasteiger partial charge in [0.15, 0.2) is 0 Å². The Kier molecular flexibility index (Phi) is 3.11. The molecule has 1 unspecified atom stereocenters. The van der Waals surface area contributed by atoms with Gasteiger partial charge in [-0.2, -0.15) is 0 Å². The molecule has 0 bridgehead atoms. The van der Waals surface area contributed by atoms with Gasteiger partial charge >= 0.3 is 0 Å². The van der Waals surface area contributed by atoms with Gasteiger partial charge < -0.3 is 10.2 Å². The third-order valence-corrected chi connectivity index (χ3v) is 3.68. The second-order valence-electron chi connectivity index (χ2n) is 5.22. The molecule has 0 amide bonds. The largest absolute Gasteiger partial charge is 0.378 e. The fourth-order valence-electron chi connectivity index (χ4n) is 2.61. The zero-order chi connectivity index (χ0) is 13.2. The standard InChI is InChI=1S/C16H19N3/c1-19(2)14-8-6-13(7-9-14)18-15-10-5-12-4-3-11-17-16(12)15/h3-4,6-9,11,15,18H,5,10H2,1-2H3. The molecule has 19 heavy (non-hydrogen) atoms. The highest BCUT2D eigenvalue weighted by atomic mass is 15.1. The van der Waals surface area contributed by atoms with Crippen LogP contribution < -0.4 is 10.2 Å². The SMILES string of the molecule is CN(C)c1ccc(NC2CCc3cccnc32)cc1. The highest BCUT2D eigenvalue weighted by Gasteiger charge is 2.23. The summed E-state index contributed by atoms with van der Waals surface area (Å²) in [5.41, 5.74) is 4.97. The maximum Gasteiger partial charge on any atom is 0.0691 e. The Bertz CT molecular complexity index is 560. The van der Waals surface area contributed by atoms with Crippen molar-refractivity contribution in [3.8, 4) is 0 Å². The first-order chi connectivity index (χ1) is 9.24. The van der Waals surface area contributed by atoms with Crippen LogP contribution in [-0.4, -0.2) is 19.1 Å². The molecular formula is C16H19N3. The maximum atomic E-state index is 4.51. The first-order valence-electron chi connectivity index (χ1n) is 6.72. The number of nitrogens with zero attached hydrogens (tertiary/aromatic N) is 2. The molecule has 1 atom stereocenters. The van der Waals surface area contributed by atoms with Crippen molar-refractivity contribution in [2.45, 2.75) is 18.9 Å². The summed E-state index contributed by atoms with van der Waals surface area (Å²) in [4.78, 5) is 6.62. The minimum atomic E-state index is 0.349. The number of hydrogen-bond acceptors (Lipinski definition) is 3. The minimum Gasteiger partial charge on any atom is -0.378 e. The van der Waals surface area contributed by atoms with E-state index >= 15 is 0 Å². The monoisotopic (exact) mass is 253 g/mol. The lowest BCUT2D eigenvalue weighted by Gasteiger charge is -2.16. The third-order valence-electron chi connectivity index (χ3n) is 3.68. The molecule has 0 radical (unpaired) electrons. The average molecular weight is 253 g/mol. The molecule has 3 heteroatoms. The Morgan fingerprint density at radius 3 is 2.68 bits per heavy atom. The molecule has 1 aromatic heterocycles. The molecule has 0 fully saturated rings. The molecule has 1 heterocycles. The van der Waals surface area contributed by atoms with Crippen LogP contribution in [-0.2, 0) is 6.42 Å². The van der Waals surface area contributed by atoms with Crippen LogP contribution in [0.5, 0.6) is 0 Å². The minimum absolute atomic E-state index is 0.349. The van der Waals surface area contributed by atoms with Crippen molar-refractivity contribution in [1.82, 2.24) is 4.98 Å². The van der Waals surface area contributed by atoms with Gasteiger partial charge in [-0.1, -0.05) is 6.07 Å². The average Bonchev–Trinajstić information content (AvgIpc) is 2.83. The number of rotatable bonds is 3. The van der Waals surface area contributed by atoms with E-state index in [9.17, 15) is 0 Å². The third kappa shape index (κ3) is 2.41. The van der Waals surface area contributed by atoms with Crippen LogP contribution in [0.4, 0.5) is 11.4 Å². The molecule has 3 rings (SSSR count). The number of hydrogen-bond donors (Lipinski definition) is 1. The van der Waals surface area contributed by atoms with Crippen LogP contribution in [0.25, 0.3) is 0 Å². The molecule has 98 valence electrons. The molecule has 1 N–H and O–H groups in total. The van der Waals surface area contributed by atoms with Crippen LogP contribution in [0.2, 0.25) is 0 Å². The molecule has 1 aliphatic carbocycles. The first kappa shape index (κ1) is 12.0.